The number of hydrogen-bond donors (Lipinski definition) is 1. The molecule has 1 N–H and O–H groups in total. The van der Waals surface area contributed by atoms with E-state index in [0.717, 1.165) is 50.2 Å². The third-order valence-corrected chi connectivity index (χ3v) is 5.93. The summed E-state index contributed by atoms with van der Waals surface area (Å²) in [6.45, 7) is 3.73. The zero-order chi connectivity index (χ0) is 18.8. The number of nitrogens with zero attached hydrogens (tertiary/aromatic N) is 4. The van der Waals surface area contributed by atoms with Gasteiger partial charge in [0, 0.05) is 30.3 Å². The molecule has 0 amide bonds. The first-order valence-corrected chi connectivity index (χ1v) is 10.3. The molecule has 0 spiro atoms. The lowest BCUT2D eigenvalue weighted by Crippen LogP contribution is -2.39. The molecule has 1 aromatic heterocycles. The number of β-amino-alcohol motifs (C(OH)–C–C–N with tert-alkyl or cyclic N) is 1. The second-order valence-corrected chi connectivity index (χ2v) is 8.17. The van der Waals surface area contributed by atoms with Gasteiger partial charge >= 0.3 is 0 Å². The molecule has 0 unspecified atom stereocenters. The van der Waals surface area contributed by atoms with Crippen LogP contribution in [0.15, 0.2) is 24.3 Å². The fourth-order valence-electron chi connectivity index (χ4n) is 3.85. The van der Waals surface area contributed by atoms with Crippen LogP contribution in [0.2, 0.25) is 5.02 Å². The van der Waals surface area contributed by atoms with E-state index in [1.54, 1.807) is 0 Å². The van der Waals surface area contributed by atoms with Crippen molar-refractivity contribution in [1.29, 1.82) is 0 Å². The summed E-state index contributed by atoms with van der Waals surface area (Å²) in [6, 6.07) is 7.69. The minimum absolute atomic E-state index is 0.178. The van der Waals surface area contributed by atoms with Crippen molar-refractivity contribution in [2.24, 2.45) is 0 Å². The van der Waals surface area contributed by atoms with Crippen LogP contribution in [-0.2, 0) is 18.0 Å². The van der Waals surface area contributed by atoms with E-state index in [9.17, 15) is 5.11 Å². The monoisotopic (exact) mass is 408 g/mol. The Hall–Kier alpha value is -1.25. The van der Waals surface area contributed by atoms with Crippen LogP contribution in [-0.4, -0.2) is 56.3 Å². The average molecular weight is 409 g/mol. The zero-order valence-corrected chi connectivity index (χ0v) is 16.8. The molecule has 6 nitrogen and oxygen atoms in total. The van der Waals surface area contributed by atoms with Crippen LogP contribution in [0.3, 0.4) is 0 Å². The molecular formula is C19H25ClN4O2S. The molecule has 0 aliphatic carbocycles. The molecule has 2 aliphatic heterocycles. The predicted octanol–water partition coefficient (Wildman–Crippen LogP) is 3.33. The highest BCUT2D eigenvalue weighted by atomic mass is 35.5. The third kappa shape index (κ3) is 4.43. The number of aliphatic hydroxyl groups excluding tert-OH is 1. The molecule has 2 aromatic rings. The minimum Gasteiger partial charge on any atom is -0.392 e. The van der Waals surface area contributed by atoms with E-state index >= 15 is 0 Å². The summed E-state index contributed by atoms with van der Waals surface area (Å²) in [5, 5.41) is 15.5. The highest BCUT2D eigenvalue weighted by Crippen LogP contribution is 2.24. The van der Waals surface area contributed by atoms with Crippen LogP contribution in [0.4, 0.5) is 0 Å². The van der Waals surface area contributed by atoms with Gasteiger partial charge in [-0.15, -0.1) is 0 Å². The number of likely N-dealkylation sites (tertiary alicyclic amines) is 1. The van der Waals surface area contributed by atoms with Gasteiger partial charge in [-0.2, -0.15) is 5.10 Å². The van der Waals surface area contributed by atoms with E-state index in [2.05, 4.69) is 9.47 Å². The first-order valence-electron chi connectivity index (χ1n) is 9.56. The van der Waals surface area contributed by atoms with Gasteiger partial charge < -0.3 is 9.84 Å². The third-order valence-electron chi connectivity index (χ3n) is 5.25. The highest BCUT2D eigenvalue weighted by Gasteiger charge is 2.23. The summed E-state index contributed by atoms with van der Waals surface area (Å²) in [5.41, 5.74) is 0.987. The normalized spacial score (nSPS) is 23.8. The summed E-state index contributed by atoms with van der Waals surface area (Å²) >= 11 is 11.8. The van der Waals surface area contributed by atoms with Gasteiger partial charge in [0.1, 0.15) is 0 Å². The smallest absolute Gasteiger partial charge is 0.199 e. The fraction of sp³-hybridized carbons (Fsp3) is 0.579. The van der Waals surface area contributed by atoms with Gasteiger partial charge in [-0.3, -0.25) is 9.47 Å². The van der Waals surface area contributed by atoms with Crippen molar-refractivity contribution >= 4 is 23.8 Å². The number of piperidine rings is 1. The van der Waals surface area contributed by atoms with Gasteiger partial charge in [0.2, 0.25) is 0 Å². The number of halogens is 1. The molecular weight excluding hydrogens is 384 g/mol. The molecule has 1 aromatic carbocycles. The molecule has 3 heterocycles. The first-order chi connectivity index (χ1) is 13.1. The molecule has 8 heteroatoms. The van der Waals surface area contributed by atoms with Crippen LogP contribution in [0, 0.1) is 4.77 Å². The number of ether oxygens (including phenoxy) is 1. The van der Waals surface area contributed by atoms with Crippen LogP contribution in [0.5, 0.6) is 0 Å². The number of aromatic nitrogens is 3. The largest absolute Gasteiger partial charge is 0.392 e. The molecule has 0 radical (unpaired) electrons. The second kappa shape index (κ2) is 8.41. The van der Waals surface area contributed by atoms with Crippen molar-refractivity contribution < 1.29 is 9.84 Å². The number of benzene rings is 1. The maximum Gasteiger partial charge on any atom is 0.199 e. The van der Waals surface area contributed by atoms with E-state index in [-0.39, 0.29) is 12.2 Å². The van der Waals surface area contributed by atoms with Crippen LogP contribution in [0.1, 0.15) is 25.7 Å². The lowest BCUT2D eigenvalue weighted by molar-refractivity contribution is 0.0511. The Morgan fingerprint density at radius 2 is 2.04 bits per heavy atom. The number of aliphatic hydroxyl groups is 1. The summed E-state index contributed by atoms with van der Waals surface area (Å²) in [6.07, 6.45) is 3.91. The fourth-order valence-corrected chi connectivity index (χ4v) is 4.24. The topological polar surface area (TPSA) is 55.5 Å². The zero-order valence-electron chi connectivity index (χ0n) is 15.3. The number of rotatable bonds is 5. The van der Waals surface area contributed by atoms with Gasteiger partial charge in [0.05, 0.1) is 25.4 Å². The molecule has 27 heavy (non-hydrogen) atoms. The summed E-state index contributed by atoms with van der Waals surface area (Å²) < 4.78 is 10.5. The Kier molecular flexibility index (Phi) is 5.94. The Morgan fingerprint density at radius 1 is 1.22 bits per heavy atom. The molecule has 2 atom stereocenters. The van der Waals surface area contributed by atoms with Crippen LogP contribution < -0.4 is 0 Å². The van der Waals surface area contributed by atoms with Crippen molar-refractivity contribution in [3.05, 3.63) is 34.1 Å². The molecule has 2 fully saturated rings. The Morgan fingerprint density at radius 3 is 2.74 bits per heavy atom. The van der Waals surface area contributed by atoms with Gasteiger partial charge in [-0.05, 0) is 62.2 Å². The van der Waals surface area contributed by atoms with Crippen LogP contribution >= 0.6 is 23.8 Å². The van der Waals surface area contributed by atoms with Crippen molar-refractivity contribution in [2.75, 3.05) is 19.7 Å². The van der Waals surface area contributed by atoms with Crippen molar-refractivity contribution in [3.63, 3.8) is 0 Å². The van der Waals surface area contributed by atoms with Gasteiger partial charge in [0.25, 0.3) is 0 Å². The standard InChI is InChI=1S/C19H25ClN4O2S/c20-15-7-5-14(6-8-15)18-21-24(13-22-9-1-3-16(25)11-22)19(27)23(18)12-17-4-2-10-26-17/h5-8,16-17,25H,1-4,9-13H2/t16-,17-/m0/s1. The SMILES string of the molecule is O[C@H]1CCCN(Cn2nc(-c3ccc(Cl)cc3)n(C[C@@H]3CCCO3)c2=S)C1. The van der Waals surface area contributed by atoms with Crippen molar-refractivity contribution in [3.8, 4) is 11.4 Å². The molecule has 2 aliphatic rings. The summed E-state index contributed by atoms with van der Waals surface area (Å²) in [5.74, 6) is 0.838. The summed E-state index contributed by atoms with van der Waals surface area (Å²) in [7, 11) is 0. The van der Waals surface area contributed by atoms with Crippen LogP contribution in [0.25, 0.3) is 11.4 Å². The van der Waals surface area contributed by atoms with E-state index in [1.807, 2.05) is 28.9 Å². The van der Waals surface area contributed by atoms with E-state index in [0.29, 0.717) is 29.6 Å². The van der Waals surface area contributed by atoms with Gasteiger partial charge in [-0.1, -0.05) is 11.6 Å². The lowest BCUT2D eigenvalue weighted by Gasteiger charge is -2.29. The molecule has 146 valence electrons. The molecule has 2 saturated heterocycles. The number of hydrogen-bond acceptors (Lipinski definition) is 5. The second-order valence-electron chi connectivity index (χ2n) is 7.37. The highest BCUT2D eigenvalue weighted by molar-refractivity contribution is 7.71. The Balaban J connectivity index is 1.65. The van der Waals surface area contributed by atoms with Gasteiger partial charge in [0.15, 0.2) is 10.6 Å². The van der Waals surface area contributed by atoms with Crippen molar-refractivity contribution in [1.82, 2.24) is 19.2 Å². The van der Waals surface area contributed by atoms with Gasteiger partial charge in [-0.25, -0.2) is 4.68 Å². The van der Waals surface area contributed by atoms with E-state index < -0.39 is 0 Å². The first kappa shape index (κ1) is 19.1. The van der Waals surface area contributed by atoms with E-state index in [1.165, 1.54) is 0 Å². The molecule has 0 saturated carbocycles. The summed E-state index contributed by atoms with van der Waals surface area (Å²) in [4.78, 5) is 2.21. The van der Waals surface area contributed by atoms with E-state index in [4.69, 9.17) is 33.7 Å². The maximum absolute atomic E-state index is 9.95. The molecule has 0 bridgehead atoms. The molecule has 4 rings (SSSR count). The lowest BCUT2D eigenvalue weighted by atomic mass is 10.1. The maximum atomic E-state index is 9.95. The Labute approximate surface area is 169 Å². The predicted molar refractivity (Wildman–Crippen MR) is 107 cm³/mol. The quantitative estimate of drug-likeness (QED) is 0.769. The Bertz CT molecular complexity index is 829. The average Bonchev–Trinajstić information content (AvgIpc) is 3.27. The van der Waals surface area contributed by atoms with Crippen molar-refractivity contribution in [2.45, 2.75) is 51.1 Å². The minimum atomic E-state index is -0.266.